The van der Waals surface area contributed by atoms with E-state index in [2.05, 4.69) is 22.6 Å². The number of carbonyl (C=O) groups excluding carboxylic acids is 2. The summed E-state index contributed by atoms with van der Waals surface area (Å²) in [5.74, 6) is -1.32. The van der Waals surface area contributed by atoms with E-state index in [1.807, 2.05) is 24.3 Å². The maximum absolute atomic E-state index is 13.2. The van der Waals surface area contributed by atoms with Crippen molar-refractivity contribution in [3.63, 3.8) is 0 Å². The molecule has 0 saturated carbocycles. The zero-order valence-corrected chi connectivity index (χ0v) is 19.4. The fourth-order valence-electron chi connectivity index (χ4n) is 3.99. The molecular formula is C21H21IN2O5S. The number of anilines is 1. The molecule has 1 amide bonds. The Morgan fingerprint density at radius 1 is 1.13 bits per heavy atom. The molecule has 7 nitrogen and oxygen atoms in total. The van der Waals surface area contributed by atoms with Crippen LogP contribution < -0.4 is 4.90 Å². The average molecular weight is 540 g/mol. The highest BCUT2D eigenvalue weighted by Crippen LogP contribution is 2.34. The molecule has 0 spiro atoms. The van der Waals surface area contributed by atoms with E-state index in [0.717, 1.165) is 22.0 Å². The van der Waals surface area contributed by atoms with E-state index < -0.39 is 21.7 Å². The van der Waals surface area contributed by atoms with Crippen LogP contribution in [0.25, 0.3) is 0 Å². The first-order valence-electron chi connectivity index (χ1n) is 9.58. The van der Waals surface area contributed by atoms with Crippen molar-refractivity contribution >= 4 is 50.0 Å². The number of methoxy groups -OCH3 is 1. The maximum atomic E-state index is 13.2. The fraction of sp³-hybridized carbons (Fsp3) is 0.333. The molecule has 30 heavy (non-hydrogen) atoms. The van der Waals surface area contributed by atoms with E-state index in [-0.39, 0.29) is 23.0 Å². The summed E-state index contributed by atoms with van der Waals surface area (Å²) in [4.78, 5) is 26.6. The molecule has 2 aromatic rings. The summed E-state index contributed by atoms with van der Waals surface area (Å²) in [6.45, 7) is 0.993. The molecule has 1 unspecified atom stereocenters. The van der Waals surface area contributed by atoms with Gasteiger partial charge in [0.2, 0.25) is 10.0 Å². The standard InChI is InChI=1S/C21H21IN2O5S/c1-29-13-16-3-2-10-24(16)30(27,28)17-8-9-19-18(11-17)20(25)21(26)23(19)12-14-4-6-15(22)7-5-14/h4-9,11,16H,2-3,10,12-13H2,1H3. The number of nitrogens with zero attached hydrogens (tertiary/aromatic N) is 2. The summed E-state index contributed by atoms with van der Waals surface area (Å²) in [5, 5.41) is 0. The Hall–Kier alpha value is -1.82. The van der Waals surface area contributed by atoms with Crippen LogP contribution in [0.1, 0.15) is 28.8 Å². The van der Waals surface area contributed by atoms with Crippen molar-refractivity contribution in [1.29, 1.82) is 0 Å². The summed E-state index contributed by atoms with van der Waals surface area (Å²) in [6, 6.07) is 11.8. The third-order valence-corrected chi connectivity index (χ3v) is 8.15. The molecule has 2 aliphatic heterocycles. The number of Topliss-reactive ketones (excluding diaryl/α,β-unsaturated/α-hetero) is 1. The molecule has 4 rings (SSSR count). The zero-order chi connectivity index (χ0) is 21.5. The normalized spacial score (nSPS) is 19.5. The number of fused-ring (bicyclic) bond motifs is 1. The number of ketones is 1. The maximum Gasteiger partial charge on any atom is 0.299 e. The second-order valence-corrected chi connectivity index (χ2v) is 10.5. The van der Waals surface area contributed by atoms with Gasteiger partial charge in [0.1, 0.15) is 0 Å². The average Bonchev–Trinajstić information content (AvgIpc) is 3.29. The Labute approximate surface area is 189 Å². The van der Waals surface area contributed by atoms with Gasteiger partial charge in [0.05, 0.1) is 29.3 Å². The lowest BCUT2D eigenvalue weighted by Gasteiger charge is -2.24. The van der Waals surface area contributed by atoms with Crippen LogP contribution in [0.2, 0.25) is 0 Å². The largest absolute Gasteiger partial charge is 0.383 e. The molecule has 0 aromatic heterocycles. The molecule has 1 saturated heterocycles. The third kappa shape index (κ3) is 3.79. The molecular weight excluding hydrogens is 519 g/mol. The minimum Gasteiger partial charge on any atom is -0.383 e. The fourth-order valence-corrected chi connectivity index (χ4v) is 6.05. The van der Waals surface area contributed by atoms with Gasteiger partial charge in [-0.1, -0.05) is 12.1 Å². The first-order chi connectivity index (χ1) is 14.3. The van der Waals surface area contributed by atoms with Gasteiger partial charge in [0, 0.05) is 23.3 Å². The summed E-state index contributed by atoms with van der Waals surface area (Å²) in [6.07, 6.45) is 1.50. The highest BCUT2D eigenvalue weighted by Gasteiger charge is 2.39. The van der Waals surface area contributed by atoms with Gasteiger partial charge in [0.15, 0.2) is 0 Å². The van der Waals surface area contributed by atoms with Crippen LogP contribution >= 0.6 is 22.6 Å². The highest BCUT2D eigenvalue weighted by molar-refractivity contribution is 14.1. The van der Waals surface area contributed by atoms with Crippen LogP contribution in [0, 0.1) is 3.57 Å². The van der Waals surface area contributed by atoms with Crippen LogP contribution in [0.5, 0.6) is 0 Å². The first kappa shape index (κ1) is 21.4. The monoisotopic (exact) mass is 540 g/mol. The number of halogens is 1. The molecule has 0 radical (unpaired) electrons. The molecule has 0 N–H and O–H groups in total. The number of ether oxygens (including phenoxy) is 1. The number of sulfonamides is 1. The number of carbonyl (C=O) groups is 2. The van der Waals surface area contributed by atoms with E-state index in [0.29, 0.717) is 18.8 Å². The Morgan fingerprint density at radius 2 is 1.87 bits per heavy atom. The molecule has 158 valence electrons. The van der Waals surface area contributed by atoms with Gasteiger partial charge < -0.3 is 9.64 Å². The van der Waals surface area contributed by atoms with Gasteiger partial charge in [0.25, 0.3) is 11.7 Å². The first-order valence-corrected chi connectivity index (χ1v) is 12.1. The van der Waals surface area contributed by atoms with Crippen LogP contribution in [0.3, 0.4) is 0 Å². The SMILES string of the molecule is COCC1CCCN1S(=O)(=O)c1ccc2c(c1)C(=O)C(=O)N2Cc1ccc(I)cc1. The summed E-state index contributed by atoms with van der Waals surface area (Å²) in [7, 11) is -2.24. The molecule has 1 atom stereocenters. The highest BCUT2D eigenvalue weighted by atomic mass is 127. The lowest BCUT2D eigenvalue weighted by molar-refractivity contribution is -0.114. The van der Waals surface area contributed by atoms with Gasteiger partial charge in [-0.05, 0) is 71.3 Å². The summed E-state index contributed by atoms with van der Waals surface area (Å²) < 4.78 is 34.0. The minimum absolute atomic E-state index is 0.0292. The summed E-state index contributed by atoms with van der Waals surface area (Å²) >= 11 is 2.20. The number of benzene rings is 2. The van der Waals surface area contributed by atoms with Gasteiger partial charge in [-0.3, -0.25) is 9.59 Å². The van der Waals surface area contributed by atoms with Crippen molar-refractivity contribution in [2.24, 2.45) is 0 Å². The van der Waals surface area contributed by atoms with Crippen molar-refractivity contribution in [3.05, 3.63) is 57.2 Å². The van der Waals surface area contributed by atoms with E-state index in [4.69, 9.17) is 4.74 Å². The zero-order valence-electron chi connectivity index (χ0n) is 16.4. The molecule has 1 fully saturated rings. The predicted octanol–water partition coefficient (Wildman–Crippen LogP) is 2.82. The molecule has 2 aliphatic rings. The Morgan fingerprint density at radius 3 is 2.57 bits per heavy atom. The molecule has 2 heterocycles. The van der Waals surface area contributed by atoms with E-state index in [1.165, 1.54) is 21.3 Å². The quantitative estimate of drug-likeness (QED) is 0.416. The number of rotatable bonds is 6. The van der Waals surface area contributed by atoms with E-state index in [1.54, 1.807) is 13.2 Å². The predicted molar refractivity (Wildman–Crippen MR) is 120 cm³/mol. The third-order valence-electron chi connectivity index (χ3n) is 5.49. The lowest BCUT2D eigenvalue weighted by Crippen LogP contribution is -2.38. The smallest absolute Gasteiger partial charge is 0.299 e. The number of hydrogen-bond acceptors (Lipinski definition) is 5. The number of amides is 1. The Kier molecular flexibility index (Phi) is 5.97. The van der Waals surface area contributed by atoms with Gasteiger partial charge in [-0.15, -0.1) is 0 Å². The topological polar surface area (TPSA) is 84.0 Å². The van der Waals surface area contributed by atoms with Crippen molar-refractivity contribution in [2.75, 3.05) is 25.2 Å². The molecule has 9 heteroatoms. The van der Waals surface area contributed by atoms with Gasteiger partial charge >= 0.3 is 0 Å². The number of hydrogen-bond donors (Lipinski definition) is 0. The molecule has 0 bridgehead atoms. The van der Waals surface area contributed by atoms with Gasteiger partial charge in [-0.25, -0.2) is 8.42 Å². The molecule has 2 aromatic carbocycles. The molecule has 0 aliphatic carbocycles. The van der Waals surface area contributed by atoms with E-state index in [9.17, 15) is 18.0 Å². The van der Waals surface area contributed by atoms with Gasteiger partial charge in [-0.2, -0.15) is 4.31 Å². The Balaban J connectivity index is 1.65. The van der Waals surface area contributed by atoms with Crippen molar-refractivity contribution < 1.29 is 22.7 Å². The lowest BCUT2D eigenvalue weighted by atomic mass is 10.1. The van der Waals surface area contributed by atoms with Crippen LogP contribution in [-0.4, -0.2) is 50.7 Å². The second-order valence-electron chi connectivity index (χ2n) is 7.39. The second kappa shape index (κ2) is 8.37. The van der Waals surface area contributed by atoms with Crippen LogP contribution in [0.4, 0.5) is 5.69 Å². The summed E-state index contributed by atoms with van der Waals surface area (Å²) in [5.41, 5.74) is 1.46. The van der Waals surface area contributed by atoms with Crippen molar-refractivity contribution in [3.8, 4) is 0 Å². The van der Waals surface area contributed by atoms with Crippen molar-refractivity contribution in [1.82, 2.24) is 4.31 Å². The van der Waals surface area contributed by atoms with Crippen LogP contribution in [0.15, 0.2) is 47.4 Å². The van der Waals surface area contributed by atoms with E-state index >= 15 is 0 Å². The van der Waals surface area contributed by atoms with Crippen LogP contribution in [-0.2, 0) is 26.1 Å². The van der Waals surface area contributed by atoms with Crippen molar-refractivity contribution in [2.45, 2.75) is 30.3 Å². The minimum atomic E-state index is -3.78. The Bertz CT molecular complexity index is 1100.